The lowest BCUT2D eigenvalue weighted by Gasteiger charge is -2.51. The maximum absolute atomic E-state index is 11.4. The van der Waals surface area contributed by atoms with Crippen LogP contribution in [-0.4, -0.2) is 34.8 Å². The zero-order valence-corrected chi connectivity index (χ0v) is 12.4. The smallest absolute Gasteiger partial charge is 0.334 e. The fourth-order valence-corrected chi connectivity index (χ4v) is 3.36. The molecule has 1 atom stereocenters. The third kappa shape index (κ3) is 3.09. The molecule has 0 aromatic carbocycles. The second kappa shape index (κ2) is 6.20. The van der Waals surface area contributed by atoms with E-state index in [1.54, 1.807) is 0 Å². The van der Waals surface area contributed by atoms with Gasteiger partial charge in [-0.2, -0.15) is 0 Å². The van der Waals surface area contributed by atoms with Crippen molar-refractivity contribution in [2.24, 2.45) is 0 Å². The van der Waals surface area contributed by atoms with Gasteiger partial charge in [0.2, 0.25) is 6.23 Å². The predicted molar refractivity (Wildman–Crippen MR) is 71.4 cm³/mol. The molecular formula is C14H28NO2+. The van der Waals surface area contributed by atoms with E-state index >= 15 is 0 Å². The van der Waals surface area contributed by atoms with Crippen LogP contribution >= 0.6 is 0 Å². The number of hydrogen-bond donors (Lipinski definition) is 0. The van der Waals surface area contributed by atoms with Crippen LogP contribution in [0, 0.1) is 0 Å². The van der Waals surface area contributed by atoms with E-state index in [1.165, 1.54) is 6.08 Å². The summed E-state index contributed by atoms with van der Waals surface area (Å²) in [6.45, 7) is 18.5. The van der Waals surface area contributed by atoms with Crippen LogP contribution in [-0.2, 0) is 9.53 Å². The number of hydrogen-bond acceptors (Lipinski definition) is 2. The van der Waals surface area contributed by atoms with Gasteiger partial charge >= 0.3 is 5.97 Å². The Labute approximate surface area is 106 Å². The lowest BCUT2D eigenvalue weighted by Crippen LogP contribution is -2.67. The first-order valence-electron chi connectivity index (χ1n) is 6.42. The van der Waals surface area contributed by atoms with Crippen LogP contribution in [0.25, 0.3) is 0 Å². The summed E-state index contributed by atoms with van der Waals surface area (Å²) in [4.78, 5) is 11.4. The van der Waals surface area contributed by atoms with Crippen molar-refractivity contribution in [1.29, 1.82) is 0 Å². The Kier molecular flexibility index (Phi) is 5.89. The number of esters is 1. The van der Waals surface area contributed by atoms with Gasteiger partial charge in [-0.1, -0.05) is 6.58 Å². The molecule has 100 valence electrons. The predicted octanol–water partition coefficient (Wildman–Crippen LogP) is 3.10. The van der Waals surface area contributed by atoms with E-state index in [2.05, 4.69) is 48.1 Å². The topological polar surface area (TPSA) is 26.3 Å². The average Bonchev–Trinajstić information content (AvgIpc) is 2.16. The number of quaternary nitrogens is 1. The maximum atomic E-state index is 11.4. The molecule has 0 saturated heterocycles. The summed E-state index contributed by atoms with van der Waals surface area (Å²) in [5.74, 6) is -0.345. The molecule has 1 unspecified atom stereocenters. The van der Waals surface area contributed by atoms with Crippen LogP contribution < -0.4 is 0 Å². The fraction of sp³-hybridized carbons (Fsp3) is 0.786. The van der Waals surface area contributed by atoms with E-state index in [-0.39, 0.29) is 12.2 Å². The summed E-state index contributed by atoms with van der Waals surface area (Å²) >= 11 is 0. The number of rotatable bonds is 6. The van der Waals surface area contributed by atoms with Crippen LogP contribution in [0.3, 0.4) is 0 Å². The number of carbonyl (C=O) groups excluding carboxylic acids is 1. The van der Waals surface area contributed by atoms with Gasteiger partial charge in [-0.25, -0.2) is 4.79 Å². The minimum Gasteiger partial charge on any atom is -0.410 e. The Hall–Kier alpha value is -0.830. The quantitative estimate of drug-likeness (QED) is 0.310. The molecule has 17 heavy (non-hydrogen) atoms. The highest BCUT2D eigenvalue weighted by molar-refractivity contribution is 5.81. The first-order chi connectivity index (χ1) is 7.71. The van der Waals surface area contributed by atoms with Crippen molar-refractivity contribution < 1.29 is 14.0 Å². The SMILES string of the molecule is C=CC(=O)OC(C)[N+](C(C)C)(C(C)C)C(C)C. The zero-order valence-electron chi connectivity index (χ0n) is 12.4. The minimum atomic E-state index is -0.345. The van der Waals surface area contributed by atoms with Gasteiger partial charge in [0.15, 0.2) is 0 Å². The van der Waals surface area contributed by atoms with E-state index in [9.17, 15) is 4.79 Å². The Morgan fingerprint density at radius 1 is 1.00 bits per heavy atom. The molecule has 0 bridgehead atoms. The summed E-state index contributed by atoms with van der Waals surface area (Å²) in [6, 6.07) is 1.17. The van der Waals surface area contributed by atoms with Crippen molar-refractivity contribution >= 4 is 5.97 Å². The minimum absolute atomic E-state index is 0.166. The van der Waals surface area contributed by atoms with E-state index in [1.807, 2.05) is 6.92 Å². The van der Waals surface area contributed by atoms with Crippen molar-refractivity contribution in [3.05, 3.63) is 12.7 Å². The highest BCUT2D eigenvalue weighted by Crippen LogP contribution is 2.29. The largest absolute Gasteiger partial charge is 0.410 e. The molecule has 0 spiro atoms. The van der Waals surface area contributed by atoms with Crippen LogP contribution in [0.1, 0.15) is 48.5 Å². The highest BCUT2D eigenvalue weighted by atomic mass is 16.6. The molecule has 0 aliphatic rings. The highest BCUT2D eigenvalue weighted by Gasteiger charge is 2.44. The molecule has 3 heteroatoms. The summed E-state index contributed by atoms with van der Waals surface area (Å²) in [6.07, 6.45) is 1.06. The number of carbonyl (C=O) groups is 1. The summed E-state index contributed by atoms with van der Waals surface area (Å²) in [5, 5.41) is 0. The summed E-state index contributed by atoms with van der Waals surface area (Å²) in [5.41, 5.74) is 0. The fourth-order valence-electron chi connectivity index (χ4n) is 3.36. The Balaban J connectivity index is 5.29. The van der Waals surface area contributed by atoms with Crippen molar-refractivity contribution in [3.63, 3.8) is 0 Å². The number of ether oxygens (including phenoxy) is 1. The summed E-state index contributed by atoms with van der Waals surface area (Å²) < 4.78 is 6.23. The molecule has 0 amide bonds. The molecule has 0 fully saturated rings. The van der Waals surface area contributed by atoms with Gasteiger partial charge in [0.1, 0.15) is 0 Å². The van der Waals surface area contributed by atoms with E-state index in [4.69, 9.17) is 4.74 Å². The normalized spacial score (nSPS) is 14.2. The van der Waals surface area contributed by atoms with Gasteiger partial charge in [0.05, 0.1) is 18.1 Å². The first-order valence-corrected chi connectivity index (χ1v) is 6.42. The van der Waals surface area contributed by atoms with E-state index in [0.29, 0.717) is 18.1 Å². The monoisotopic (exact) mass is 242 g/mol. The number of nitrogens with zero attached hydrogens (tertiary/aromatic N) is 1. The van der Waals surface area contributed by atoms with Crippen molar-refractivity contribution in [1.82, 2.24) is 0 Å². The molecule has 3 nitrogen and oxygen atoms in total. The zero-order chi connectivity index (χ0) is 13.8. The van der Waals surface area contributed by atoms with Crippen molar-refractivity contribution in [2.75, 3.05) is 0 Å². The maximum Gasteiger partial charge on any atom is 0.334 e. The molecule has 0 saturated carbocycles. The summed E-state index contributed by atoms with van der Waals surface area (Å²) in [7, 11) is 0. The van der Waals surface area contributed by atoms with Gasteiger partial charge in [0, 0.05) is 13.0 Å². The van der Waals surface area contributed by atoms with E-state index in [0.717, 1.165) is 4.48 Å². The van der Waals surface area contributed by atoms with Crippen LogP contribution in [0.2, 0.25) is 0 Å². The third-order valence-electron chi connectivity index (χ3n) is 3.77. The van der Waals surface area contributed by atoms with Gasteiger partial charge in [-0.3, -0.25) is 4.48 Å². The second-order valence-corrected chi connectivity index (χ2v) is 5.42. The van der Waals surface area contributed by atoms with Gasteiger partial charge in [0.25, 0.3) is 0 Å². The molecule has 0 rings (SSSR count). The lowest BCUT2D eigenvalue weighted by atomic mass is 10.0. The van der Waals surface area contributed by atoms with Crippen LogP contribution in [0.15, 0.2) is 12.7 Å². The molecular weight excluding hydrogens is 214 g/mol. The third-order valence-corrected chi connectivity index (χ3v) is 3.77. The molecule has 0 N–H and O–H groups in total. The Morgan fingerprint density at radius 2 is 1.35 bits per heavy atom. The Bertz CT molecular complexity index is 248. The second-order valence-electron chi connectivity index (χ2n) is 5.42. The van der Waals surface area contributed by atoms with Gasteiger partial charge in [-0.05, 0) is 41.5 Å². The molecule has 0 heterocycles. The van der Waals surface area contributed by atoms with Crippen molar-refractivity contribution in [2.45, 2.75) is 72.8 Å². The first kappa shape index (κ1) is 16.2. The lowest BCUT2D eigenvalue weighted by molar-refractivity contribution is -1.02. The average molecular weight is 242 g/mol. The molecule has 0 aromatic heterocycles. The standard InChI is InChI=1S/C14H28NO2/c1-9-14(16)17-13(8)15(10(2)3,11(4)5)12(6)7/h9-13H,1H2,2-8H3/q+1. The molecule has 0 aliphatic carbocycles. The van der Waals surface area contributed by atoms with Crippen molar-refractivity contribution in [3.8, 4) is 0 Å². The van der Waals surface area contributed by atoms with E-state index < -0.39 is 0 Å². The van der Waals surface area contributed by atoms with Gasteiger partial charge in [-0.15, -0.1) is 0 Å². The van der Waals surface area contributed by atoms with Crippen LogP contribution in [0.4, 0.5) is 0 Å². The molecule has 0 aliphatic heterocycles. The van der Waals surface area contributed by atoms with Crippen LogP contribution in [0.5, 0.6) is 0 Å². The molecule has 0 aromatic rings. The van der Waals surface area contributed by atoms with Gasteiger partial charge < -0.3 is 4.74 Å². The Morgan fingerprint density at radius 3 is 1.59 bits per heavy atom. The molecule has 0 radical (unpaired) electrons.